The Balaban J connectivity index is 1.35. The fourth-order valence-electron chi connectivity index (χ4n) is 5.35. The second kappa shape index (κ2) is 8.29. The van der Waals surface area contributed by atoms with Gasteiger partial charge in [-0.3, -0.25) is 9.59 Å². The lowest BCUT2D eigenvalue weighted by atomic mass is 9.78. The number of ketones is 2. The minimum Gasteiger partial charge on any atom is -0.359 e. The van der Waals surface area contributed by atoms with Gasteiger partial charge in [-0.1, -0.05) is 0 Å². The monoisotopic (exact) mass is 392 g/mol. The fraction of sp³-hybridized carbons (Fsp3) is 0.800. The van der Waals surface area contributed by atoms with Crippen LogP contribution >= 0.6 is 0 Å². The van der Waals surface area contributed by atoms with Gasteiger partial charge in [0.05, 0.1) is 12.1 Å². The average Bonchev–Trinajstić information content (AvgIpc) is 2.69. The lowest BCUT2D eigenvalue weighted by molar-refractivity contribution is -0.241. The molecule has 28 heavy (non-hydrogen) atoms. The largest absolute Gasteiger partial charge is 0.438 e. The second-order valence-corrected chi connectivity index (χ2v) is 8.39. The Hall–Kier alpha value is -1.80. The molecule has 2 saturated carbocycles. The van der Waals surface area contributed by atoms with Gasteiger partial charge in [0.2, 0.25) is 0 Å². The highest BCUT2D eigenvalue weighted by atomic mass is 16.8. The van der Waals surface area contributed by atoms with Crippen LogP contribution in [0.2, 0.25) is 0 Å². The van der Waals surface area contributed by atoms with Crippen LogP contribution in [0.25, 0.3) is 0 Å². The van der Waals surface area contributed by atoms with Crippen molar-refractivity contribution in [2.75, 3.05) is 13.1 Å². The SMILES string of the molecule is O=C(ON1CCCC2C(=O)CCCC21)C(=O)ON1CCCC2C(=O)CCCC21. The van der Waals surface area contributed by atoms with Crippen LogP contribution in [0.5, 0.6) is 0 Å². The Labute approximate surface area is 164 Å². The van der Waals surface area contributed by atoms with E-state index in [2.05, 4.69) is 0 Å². The van der Waals surface area contributed by atoms with Crippen LogP contribution in [-0.2, 0) is 28.9 Å². The van der Waals surface area contributed by atoms with Gasteiger partial charge >= 0.3 is 11.9 Å². The van der Waals surface area contributed by atoms with Gasteiger partial charge in [-0.15, -0.1) is 10.1 Å². The minimum absolute atomic E-state index is 0.109. The predicted molar refractivity (Wildman–Crippen MR) is 96.3 cm³/mol. The Morgan fingerprint density at radius 2 is 1.11 bits per heavy atom. The van der Waals surface area contributed by atoms with Crippen LogP contribution in [-0.4, -0.2) is 58.8 Å². The molecule has 4 unspecified atom stereocenters. The normalized spacial score (nSPS) is 34.3. The average molecular weight is 392 g/mol. The van der Waals surface area contributed by atoms with Crippen molar-refractivity contribution in [3.8, 4) is 0 Å². The Morgan fingerprint density at radius 1 is 0.679 bits per heavy atom. The molecule has 2 saturated heterocycles. The van der Waals surface area contributed by atoms with E-state index < -0.39 is 11.9 Å². The van der Waals surface area contributed by atoms with Crippen LogP contribution in [0.1, 0.15) is 64.2 Å². The maximum atomic E-state index is 12.3. The molecule has 2 heterocycles. The van der Waals surface area contributed by atoms with Crippen molar-refractivity contribution >= 4 is 23.5 Å². The first-order chi connectivity index (χ1) is 13.5. The summed E-state index contributed by atoms with van der Waals surface area (Å²) in [4.78, 5) is 59.6. The molecule has 0 aromatic heterocycles. The number of hydrogen-bond acceptors (Lipinski definition) is 8. The van der Waals surface area contributed by atoms with Crippen LogP contribution in [0.3, 0.4) is 0 Å². The topological polar surface area (TPSA) is 93.2 Å². The summed E-state index contributed by atoms with van der Waals surface area (Å²) in [7, 11) is 0. The van der Waals surface area contributed by atoms with E-state index >= 15 is 0 Å². The second-order valence-electron chi connectivity index (χ2n) is 8.39. The molecule has 4 aliphatic rings. The summed E-state index contributed by atoms with van der Waals surface area (Å²) in [6, 6.07) is -0.274. The molecule has 0 radical (unpaired) electrons. The van der Waals surface area contributed by atoms with Crippen molar-refractivity contribution in [3.05, 3.63) is 0 Å². The van der Waals surface area contributed by atoms with E-state index in [0.717, 1.165) is 51.4 Å². The zero-order chi connectivity index (χ0) is 19.7. The fourth-order valence-corrected chi connectivity index (χ4v) is 5.35. The Bertz CT molecular complexity index is 609. The Kier molecular flexibility index (Phi) is 5.78. The molecule has 4 rings (SSSR count). The molecule has 4 fully saturated rings. The third-order valence-corrected chi connectivity index (χ3v) is 6.70. The Morgan fingerprint density at radius 3 is 1.54 bits per heavy atom. The summed E-state index contributed by atoms with van der Waals surface area (Å²) >= 11 is 0. The minimum atomic E-state index is -1.05. The number of carbonyl (C=O) groups excluding carboxylic acids is 4. The third-order valence-electron chi connectivity index (χ3n) is 6.70. The summed E-state index contributed by atoms with van der Waals surface area (Å²) in [5, 5.41) is 3.02. The number of rotatable bonds is 2. The third kappa shape index (κ3) is 3.85. The molecule has 0 bridgehead atoms. The van der Waals surface area contributed by atoms with E-state index in [1.807, 2.05) is 0 Å². The van der Waals surface area contributed by atoms with Crippen LogP contribution in [0.4, 0.5) is 0 Å². The van der Waals surface area contributed by atoms with E-state index in [-0.39, 0.29) is 35.5 Å². The van der Waals surface area contributed by atoms with Gasteiger partial charge in [0, 0.05) is 37.8 Å². The van der Waals surface area contributed by atoms with Gasteiger partial charge in [0.1, 0.15) is 11.6 Å². The van der Waals surface area contributed by atoms with Gasteiger partial charge in [0.15, 0.2) is 0 Å². The number of Topliss-reactive ketones (excluding diaryl/α,β-unsaturated/α-hetero) is 2. The summed E-state index contributed by atoms with van der Waals surface area (Å²) < 4.78 is 0. The zero-order valence-corrected chi connectivity index (χ0v) is 16.1. The first kappa shape index (κ1) is 19.5. The quantitative estimate of drug-likeness (QED) is 0.654. The van der Waals surface area contributed by atoms with Crippen molar-refractivity contribution in [1.82, 2.24) is 10.1 Å². The molecule has 0 amide bonds. The van der Waals surface area contributed by atoms with Crippen LogP contribution < -0.4 is 0 Å². The summed E-state index contributed by atoms with van der Waals surface area (Å²) in [5.41, 5.74) is 0. The van der Waals surface area contributed by atoms with Gasteiger partial charge in [-0.2, -0.15) is 0 Å². The number of hydrogen-bond donors (Lipinski definition) is 0. The zero-order valence-electron chi connectivity index (χ0n) is 16.1. The molecule has 2 aliphatic carbocycles. The smallest absolute Gasteiger partial charge is 0.359 e. The van der Waals surface area contributed by atoms with Gasteiger partial charge in [0.25, 0.3) is 0 Å². The molecule has 8 nitrogen and oxygen atoms in total. The van der Waals surface area contributed by atoms with Gasteiger partial charge < -0.3 is 9.68 Å². The molecule has 0 aromatic rings. The highest BCUT2D eigenvalue weighted by molar-refractivity contribution is 6.29. The van der Waals surface area contributed by atoms with Crippen molar-refractivity contribution in [2.45, 2.75) is 76.3 Å². The summed E-state index contributed by atoms with van der Waals surface area (Å²) in [5.74, 6) is -1.88. The summed E-state index contributed by atoms with van der Waals surface area (Å²) in [6.45, 7) is 1.05. The highest BCUT2D eigenvalue weighted by Gasteiger charge is 2.43. The molecule has 154 valence electrons. The number of carbonyl (C=O) groups is 4. The van der Waals surface area contributed by atoms with Crippen molar-refractivity contribution in [3.63, 3.8) is 0 Å². The number of hydroxylamine groups is 4. The van der Waals surface area contributed by atoms with E-state index in [0.29, 0.717) is 25.9 Å². The van der Waals surface area contributed by atoms with E-state index in [4.69, 9.17) is 9.68 Å². The molecular formula is C20H28N2O6. The molecule has 2 aliphatic heterocycles. The van der Waals surface area contributed by atoms with E-state index in [1.165, 1.54) is 10.1 Å². The lowest BCUT2D eigenvalue weighted by Gasteiger charge is -2.42. The van der Waals surface area contributed by atoms with Crippen molar-refractivity contribution in [1.29, 1.82) is 0 Å². The number of fused-ring (bicyclic) bond motifs is 2. The van der Waals surface area contributed by atoms with E-state index in [1.54, 1.807) is 0 Å². The number of nitrogens with zero attached hydrogens (tertiary/aromatic N) is 2. The molecule has 0 spiro atoms. The van der Waals surface area contributed by atoms with Crippen LogP contribution in [0.15, 0.2) is 0 Å². The van der Waals surface area contributed by atoms with Gasteiger partial charge in [-0.25, -0.2) is 9.59 Å². The standard InChI is InChI=1S/C20H28N2O6/c23-17-9-1-7-15-13(17)5-3-11-21(15)27-19(25)20(26)28-22-12-4-6-14-16(22)8-2-10-18(14)24/h13-16H,1-12H2. The molecule has 0 aromatic carbocycles. The predicted octanol–water partition coefficient (Wildman–Crippen LogP) is 1.57. The lowest BCUT2D eigenvalue weighted by Crippen LogP contribution is -2.53. The maximum Gasteiger partial charge on any atom is 0.438 e. The first-order valence-electron chi connectivity index (χ1n) is 10.6. The molecule has 0 N–H and O–H groups in total. The molecule has 8 heteroatoms. The van der Waals surface area contributed by atoms with Crippen molar-refractivity contribution in [2.24, 2.45) is 11.8 Å². The van der Waals surface area contributed by atoms with Gasteiger partial charge in [-0.05, 0) is 51.4 Å². The highest BCUT2D eigenvalue weighted by Crippen LogP contribution is 2.34. The number of piperidine rings is 2. The molecular weight excluding hydrogens is 364 g/mol. The molecule has 4 atom stereocenters. The van der Waals surface area contributed by atoms with Crippen LogP contribution in [0, 0.1) is 11.8 Å². The summed E-state index contributed by atoms with van der Waals surface area (Å²) in [6.07, 6.45) is 7.45. The van der Waals surface area contributed by atoms with E-state index in [9.17, 15) is 19.2 Å². The van der Waals surface area contributed by atoms with Crippen molar-refractivity contribution < 1.29 is 28.9 Å². The first-order valence-corrected chi connectivity index (χ1v) is 10.6. The maximum absolute atomic E-state index is 12.3.